The fourth-order valence-electron chi connectivity index (χ4n) is 2.72. The highest BCUT2D eigenvalue weighted by Gasteiger charge is 2.13. The van der Waals surface area contributed by atoms with Crippen LogP contribution in [-0.2, 0) is 17.6 Å². The number of carbonyl (C=O) groups is 1. The van der Waals surface area contributed by atoms with E-state index >= 15 is 0 Å². The Hall–Kier alpha value is -2.69. The van der Waals surface area contributed by atoms with E-state index in [0.717, 1.165) is 40.4 Å². The Morgan fingerprint density at radius 3 is 2.83 bits per heavy atom. The van der Waals surface area contributed by atoms with Gasteiger partial charge in [0.1, 0.15) is 5.75 Å². The van der Waals surface area contributed by atoms with Gasteiger partial charge < -0.3 is 19.5 Å². The van der Waals surface area contributed by atoms with Crippen LogP contribution in [-0.4, -0.2) is 26.4 Å². The molecule has 0 radical (unpaired) electrons. The van der Waals surface area contributed by atoms with Crippen LogP contribution in [0.4, 0.5) is 0 Å². The normalized spacial score (nSPS) is 12.1. The zero-order chi connectivity index (χ0) is 16.9. The highest BCUT2D eigenvalue weighted by atomic mass is 16.7. The number of ether oxygens (including phenoxy) is 3. The molecule has 0 atom stereocenters. The minimum atomic E-state index is -0.0142. The van der Waals surface area contributed by atoms with Gasteiger partial charge >= 0.3 is 0 Å². The molecule has 0 saturated heterocycles. The van der Waals surface area contributed by atoms with Gasteiger partial charge in [0.2, 0.25) is 12.7 Å². The van der Waals surface area contributed by atoms with E-state index in [1.54, 1.807) is 7.11 Å². The monoisotopic (exact) mass is 327 g/mol. The van der Waals surface area contributed by atoms with E-state index in [2.05, 4.69) is 5.32 Å². The van der Waals surface area contributed by atoms with Gasteiger partial charge in [-0.05, 0) is 37.1 Å². The lowest BCUT2D eigenvalue weighted by Crippen LogP contribution is -2.27. The second-order valence-electron chi connectivity index (χ2n) is 5.78. The molecule has 1 aliphatic rings. The van der Waals surface area contributed by atoms with Crippen LogP contribution in [0.3, 0.4) is 0 Å². The second kappa shape index (κ2) is 7.25. The summed E-state index contributed by atoms with van der Waals surface area (Å²) in [6.07, 6.45) is 1.05. The zero-order valence-electron chi connectivity index (χ0n) is 13.9. The minimum Gasteiger partial charge on any atom is -0.496 e. The summed E-state index contributed by atoms with van der Waals surface area (Å²) in [6, 6.07) is 11.7. The van der Waals surface area contributed by atoms with Gasteiger partial charge in [-0.2, -0.15) is 0 Å². The van der Waals surface area contributed by atoms with Crippen LogP contribution >= 0.6 is 0 Å². The van der Waals surface area contributed by atoms with E-state index in [-0.39, 0.29) is 12.7 Å². The van der Waals surface area contributed by atoms with Gasteiger partial charge in [0, 0.05) is 12.1 Å². The standard InChI is InChI=1S/C19H21NO4/c1-13-3-5-16(22-2)15(9-13)11-19(21)20-8-7-14-4-6-17-18(10-14)24-12-23-17/h3-6,9-10H,7-8,11-12H2,1-2H3,(H,20,21). The summed E-state index contributed by atoms with van der Waals surface area (Å²) in [5.74, 6) is 2.27. The number of carbonyl (C=O) groups excluding carboxylic acids is 1. The number of methoxy groups -OCH3 is 1. The van der Waals surface area contributed by atoms with Crippen molar-refractivity contribution >= 4 is 5.91 Å². The molecule has 0 aromatic heterocycles. The molecule has 3 rings (SSSR count). The molecule has 1 aliphatic heterocycles. The maximum atomic E-state index is 12.2. The van der Waals surface area contributed by atoms with Crippen molar-refractivity contribution in [3.8, 4) is 17.2 Å². The number of amides is 1. The summed E-state index contributed by atoms with van der Waals surface area (Å²) in [4.78, 5) is 12.2. The van der Waals surface area contributed by atoms with Crippen molar-refractivity contribution in [3.05, 3.63) is 53.1 Å². The minimum absolute atomic E-state index is 0.0142. The van der Waals surface area contributed by atoms with Gasteiger partial charge in [-0.15, -0.1) is 0 Å². The first-order valence-corrected chi connectivity index (χ1v) is 7.94. The Bertz CT molecular complexity index is 742. The lowest BCUT2D eigenvalue weighted by atomic mass is 10.1. The SMILES string of the molecule is COc1ccc(C)cc1CC(=O)NCCc1ccc2c(c1)OCO2. The number of benzene rings is 2. The Morgan fingerprint density at radius 2 is 2.00 bits per heavy atom. The average Bonchev–Trinajstić information content (AvgIpc) is 3.03. The van der Waals surface area contributed by atoms with Crippen molar-refractivity contribution < 1.29 is 19.0 Å². The Kier molecular flexibility index (Phi) is 4.89. The first kappa shape index (κ1) is 16.2. The molecule has 0 saturated carbocycles. The van der Waals surface area contributed by atoms with E-state index in [0.29, 0.717) is 13.0 Å². The quantitative estimate of drug-likeness (QED) is 0.886. The third-order valence-electron chi connectivity index (χ3n) is 3.96. The Labute approximate surface area is 141 Å². The van der Waals surface area contributed by atoms with Gasteiger partial charge in [-0.3, -0.25) is 4.79 Å². The summed E-state index contributed by atoms with van der Waals surface area (Å²) in [7, 11) is 1.62. The predicted octanol–water partition coefficient (Wildman–Crippen LogP) is 2.63. The summed E-state index contributed by atoms with van der Waals surface area (Å²) in [5.41, 5.74) is 3.12. The van der Waals surface area contributed by atoms with E-state index in [4.69, 9.17) is 14.2 Å². The summed E-state index contributed by atoms with van der Waals surface area (Å²) in [6.45, 7) is 2.85. The van der Waals surface area contributed by atoms with Gasteiger partial charge in [0.15, 0.2) is 11.5 Å². The molecule has 126 valence electrons. The smallest absolute Gasteiger partial charge is 0.231 e. The largest absolute Gasteiger partial charge is 0.496 e. The van der Waals surface area contributed by atoms with E-state index in [1.165, 1.54) is 0 Å². The van der Waals surface area contributed by atoms with Gasteiger partial charge in [-0.1, -0.05) is 23.8 Å². The molecule has 2 aromatic carbocycles. The first-order chi connectivity index (χ1) is 11.7. The molecule has 0 unspecified atom stereocenters. The molecule has 5 heteroatoms. The van der Waals surface area contributed by atoms with Crippen molar-refractivity contribution in [2.75, 3.05) is 20.4 Å². The number of nitrogens with one attached hydrogen (secondary N) is 1. The topological polar surface area (TPSA) is 56.8 Å². The second-order valence-corrected chi connectivity index (χ2v) is 5.78. The average molecular weight is 327 g/mol. The molecular formula is C19H21NO4. The summed E-state index contributed by atoms with van der Waals surface area (Å²) >= 11 is 0. The summed E-state index contributed by atoms with van der Waals surface area (Å²) < 4.78 is 16.0. The molecule has 0 bridgehead atoms. The number of rotatable bonds is 6. The van der Waals surface area contributed by atoms with Crippen molar-refractivity contribution in [2.45, 2.75) is 19.8 Å². The lowest BCUT2D eigenvalue weighted by Gasteiger charge is -2.10. The molecule has 1 heterocycles. The number of hydrogen-bond acceptors (Lipinski definition) is 4. The molecule has 2 aromatic rings. The van der Waals surface area contributed by atoms with E-state index in [9.17, 15) is 4.79 Å². The van der Waals surface area contributed by atoms with Crippen LogP contribution in [0.2, 0.25) is 0 Å². The van der Waals surface area contributed by atoms with Crippen LogP contribution in [0.5, 0.6) is 17.2 Å². The van der Waals surface area contributed by atoms with E-state index < -0.39 is 0 Å². The van der Waals surface area contributed by atoms with Gasteiger partial charge in [0.05, 0.1) is 13.5 Å². The van der Waals surface area contributed by atoms with Gasteiger partial charge in [0.25, 0.3) is 0 Å². The fourth-order valence-corrected chi connectivity index (χ4v) is 2.72. The molecule has 1 amide bonds. The van der Waals surface area contributed by atoms with Crippen molar-refractivity contribution in [1.29, 1.82) is 0 Å². The Morgan fingerprint density at radius 1 is 1.17 bits per heavy atom. The van der Waals surface area contributed by atoms with E-state index in [1.807, 2.05) is 43.3 Å². The van der Waals surface area contributed by atoms with Crippen LogP contribution in [0.1, 0.15) is 16.7 Å². The number of hydrogen-bond donors (Lipinski definition) is 1. The number of fused-ring (bicyclic) bond motifs is 1. The highest BCUT2D eigenvalue weighted by molar-refractivity contribution is 5.79. The molecule has 0 spiro atoms. The molecular weight excluding hydrogens is 306 g/mol. The van der Waals surface area contributed by atoms with Crippen LogP contribution < -0.4 is 19.5 Å². The molecule has 24 heavy (non-hydrogen) atoms. The Balaban J connectivity index is 1.52. The summed E-state index contributed by atoms with van der Waals surface area (Å²) in [5, 5.41) is 2.95. The molecule has 1 N–H and O–H groups in total. The predicted molar refractivity (Wildman–Crippen MR) is 90.7 cm³/mol. The van der Waals surface area contributed by atoms with Crippen molar-refractivity contribution in [1.82, 2.24) is 5.32 Å². The highest BCUT2D eigenvalue weighted by Crippen LogP contribution is 2.32. The lowest BCUT2D eigenvalue weighted by molar-refractivity contribution is -0.120. The van der Waals surface area contributed by atoms with Crippen LogP contribution in [0, 0.1) is 6.92 Å². The fraction of sp³-hybridized carbons (Fsp3) is 0.316. The number of aryl methyl sites for hydroxylation is 1. The maximum Gasteiger partial charge on any atom is 0.231 e. The zero-order valence-corrected chi connectivity index (χ0v) is 13.9. The van der Waals surface area contributed by atoms with Gasteiger partial charge in [-0.25, -0.2) is 0 Å². The first-order valence-electron chi connectivity index (χ1n) is 7.94. The molecule has 0 aliphatic carbocycles. The molecule has 0 fully saturated rings. The van der Waals surface area contributed by atoms with Crippen molar-refractivity contribution in [2.24, 2.45) is 0 Å². The maximum absolute atomic E-state index is 12.2. The van der Waals surface area contributed by atoms with Crippen LogP contribution in [0.15, 0.2) is 36.4 Å². The van der Waals surface area contributed by atoms with Crippen molar-refractivity contribution in [3.63, 3.8) is 0 Å². The molecule has 5 nitrogen and oxygen atoms in total. The third-order valence-corrected chi connectivity index (χ3v) is 3.96. The van der Waals surface area contributed by atoms with Crippen LogP contribution in [0.25, 0.3) is 0 Å². The third kappa shape index (κ3) is 3.79.